The Labute approximate surface area is 196 Å². The van der Waals surface area contributed by atoms with Crippen LogP contribution in [0.2, 0.25) is 0 Å². The van der Waals surface area contributed by atoms with E-state index in [1.54, 1.807) is 0 Å². The molecule has 8 unspecified atom stereocenters. The highest BCUT2D eigenvalue weighted by molar-refractivity contribution is 5.77. The maximum Gasteiger partial charge on any atom is 0.377 e. The monoisotopic (exact) mass is 486 g/mol. The van der Waals surface area contributed by atoms with E-state index in [-0.39, 0.29) is 29.8 Å². The summed E-state index contributed by atoms with van der Waals surface area (Å²) in [5, 5.41) is 0. The Balaban J connectivity index is 1.18. The summed E-state index contributed by atoms with van der Waals surface area (Å²) in [6.45, 7) is 4.97. The molecule has 3 heterocycles. The summed E-state index contributed by atoms with van der Waals surface area (Å²) >= 11 is 0. The number of alkyl halides is 2. The second kappa shape index (κ2) is 7.57. The number of rotatable bonds is 6. The van der Waals surface area contributed by atoms with E-state index in [0.29, 0.717) is 39.2 Å². The van der Waals surface area contributed by atoms with Gasteiger partial charge < -0.3 is 28.4 Å². The number of halogens is 2. The highest BCUT2D eigenvalue weighted by Gasteiger charge is 2.73. The SMILES string of the molecule is CCOC(C)CC1C(=O)OC2C3OC4(OC3OC12)C1CC2CC4CC(OC(=O)C(C)(F)F)(C2)C1. The van der Waals surface area contributed by atoms with E-state index >= 15 is 0 Å². The van der Waals surface area contributed by atoms with E-state index in [9.17, 15) is 18.4 Å². The second-order valence-corrected chi connectivity index (χ2v) is 11.2. The normalized spacial score (nSPS) is 49.3. The van der Waals surface area contributed by atoms with Gasteiger partial charge in [-0.25, -0.2) is 4.79 Å². The van der Waals surface area contributed by atoms with E-state index in [1.165, 1.54) is 0 Å². The van der Waals surface area contributed by atoms with Crippen molar-refractivity contribution in [3.63, 3.8) is 0 Å². The molecule has 190 valence electrons. The molecule has 7 aliphatic rings. The number of fused-ring (bicyclic) bond motifs is 3. The molecule has 0 radical (unpaired) electrons. The molecule has 3 saturated heterocycles. The highest BCUT2D eigenvalue weighted by Crippen LogP contribution is 2.65. The first kappa shape index (κ1) is 23.1. The van der Waals surface area contributed by atoms with Crippen LogP contribution in [0.5, 0.6) is 0 Å². The van der Waals surface area contributed by atoms with Crippen LogP contribution in [0.25, 0.3) is 0 Å². The summed E-state index contributed by atoms with van der Waals surface area (Å²) in [6, 6.07) is 0. The van der Waals surface area contributed by atoms with Crippen LogP contribution in [-0.4, -0.2) is 66.6 Å². The molecule has 0 aromatic carbocycles. The lowest BCUT2D eigenvalue weighted by atomic mass is 9.51. The van der Waals surface area contributed by atoms with E-state index in [4.69, 9.17) is 28.4 Å². The van der Waals surface area contributed by atoms with Crippen LogP contribution in [0.15, 0.2) is 0 Å². The van der Waals surface area contributed by atoms with Crippen molar-refractivity contribution in [2.45, 2.75) is 107 Å². The van der Waals surface area contributed by atoms with Gasteiger partial charge in [-0.05, 0) is 58.3 Å². The van der Waals surface area contributed by atoms with Gasteiger partial charge in [0.2, 0.25) is 0 Å². The molecule has 7 rings (SSSR count). The number of ether oxygens (including phenoxy) is 6. The van der Waals surface area contributed by atoms with Crippen molar-refractivity contribution in [3.05, 3.63) is 0 Å². The summed E-state index contributed by atoms with van der Waals surface area (Å²) in [5.41, 5.74) is -0.896. The van der Waals surface area contributed by atoms with Gasteiger partial charge in [-0.15, -0.1) is 0 Å². The zero-order valence-corrected chi connectivity index (χ0v) is 19.7. The Morgan fingerprint density at radius 2 is 1.85 bits per heavy atom. The van der Waals surface area contributed by atoms with Crippen LogP contribution < -0.4 is 0 Å². The molecule has 0 amide bonds. The van der Waals surface area contributed by atoms with Crippen molar-refractivity contribution in [1.82, 2.24) is 0 Å². The molecular formula is C24H32F2O8. The summed E-state index contributed by atoms with van der Waals surface area (Å²) in [5.74, 6) is -6.58. The molecule has 1 spiro atoms. The van der Waals surface area contributed by atoms with E-state index in [0.717, 1.165) is 12.8 Å². The first-order valence-electron chi connectivity index (χ1n) is 12.5. The van der Waals surface area contributed by atoms with Crippen molar-refractivity contribution in [2.75, 3.05) is 6.61 Å². The van der Waals surface area contributed by atoms with Gasteiger partial charge in [0.15, 0.2) is 24.3 Å². The second-order valence-electron chi connectivity index (χ2n) is 11.2. The average Bonchev–Trinajstić information content (AvgIpc) is 3.34. The molecule has 3 aliphatic heterocycles. The number of carbonyl (C=O) groups excluding carboxylic acids is 2. The van der Waals surface area contributed by atoms with Gasteiger partial charge in [0.1, 0.15) is 11.7 Å². The van der Waals surface area contributed by atoms with Gasteiger partial charge in [-0.2, -0.15) is 8.78 Å². The topological polar surface area (TPSA) is 89.5 Å². The highest BCUT2D eigenvalue weighted by atomic mass is 19.3. The molecule has 10 heteroatoms. The molecule has 34 heavy (non-hydrogen) atoms. The third-order valence-electron chi connectivity index (χ3n) is 8.76. The summed E-state index contributed by atoms with van der Waals surface area (Å²) in [4.78, 5) is 24.6. The molecule has 4 saturated carbocycles. The van der Waals surface area contributed by atoms with Gasteiger partial charge in [0.05, 0.1) is 12.0 Å². The minimum absolute atomic E-state index is 0.0997. The molecule has 0 aromatic heterocycles. The largest absolute Gasteiger partial charge is 0.456 e. The van der Waals surface area contributed by atoms with Crippen molar-refractivity contribution in [1.29, 1.82) is 0 Å². The Kier molecular flexibility index (Phi) is 5.14. The van der Waals surface area contributed by atoms with E-state index in [2.05, 4.69) is 0 Å². The van der Waals surface area contributed by atoms with Crippen LogP contribution in [-0.2, 0) is 38.0 Å². The zero-order chi connectivity index (χ0) is 24.0. The number of hydrogen-bond donors (Lipinski definition) is 0. The van der Waals surface area contributed by atoms with Gasteiger partial charge in [0.25, 0.3) is 0 Å². The van der Waals surface area contributed by atoms with Crippen LogP contribution in [0.4, 0.5) is 8.78 Å². The average molecular weight is 487 g/mol. The van der Waals surface area contributed by atoms with Crippen LogP contribution in [0.3, 0.4) is 0 Å². The fourth-order valence-corrected chi connectivity index (χ4v) is 7.70. The van der Waals surface area contributed by atoms with Crippen molar-refractivity contribution >= 4 is 11.9 Å². The maximum atomic E-state index is 13.6. The number of carbonyl (C=O) groups is 2. The molecular weight excluding hydrogens is 454 g/mol. The quantitative estimate of drug-likeness (QED) is 0.530. The minimum atomic E-state index is -3.52. The van der Waals surface area contributed by atoms with E-state index in [1.807, 2.05) is 13.8 Å². The van der Waals surface area contributed by atoms with Gasteiger partial charge in [-0.3, -0.25) is 4.79 Å². The standard InChI is InChI=1S/C24H32F2O8/c1-4-29-11(2)5-15-16-17(30-19(15)27)18-20(31-16)33-24(32-18)13-6-12-7-14(24)10-23(8-12,9-13)34-21(28)22(3,25)26/h11-18,20H,4-10H2,1-3H3. The Morgan fingerprint density at radius 1 is 1.15 bits per heavy atom. The van der Waals surface area contributed by atoms with Crippen LogP contribution >= 0.6 is 0 Å². The van der Waals surface area contributed by atoms with E-state index < -0.39 is 53.8 Å². The third kappa shape index (κ3) is 3.35. The first-order chi connectivity index (χ1) is 16.0. The molecule has 0 N–H and O–H groups in total. The Bertz CT molecular complexity index is 858. The predicted octanol–water partition coefficient (Wildman–Crippen LogP) is 2.96. The van der Waals surface area contributed by atoms with Gasteiger partial charge in [0, 0.05) is 25.4 Å². The lowest BCUT2D eigenvalue weighted by Crippen LogP contribution is -2.66. The number of hydrogen-bond acceptors (Lipinski definition) is 8. The first-order valence-corrected chi connectivity index (χ1v) is 12.5. The van der Waals surface area contributed by atoms with Crippen molar-refractivity contribution in [3.8, 4) is 0 Å². The van der Waals surface area contributed by atoms with Crippen LogP contribution in [0.1, 0.15) is 59.3 Å². The third-order valence-corrected chi connectivity index (χ3v) is 8.76. The molecule has 8 nitrogen and oxygen atoms in total. The van der Waals surface area contributed by atoms with Gasteiger partial charge in [-0.1, -0.05) is 0 Å². The molecule has 7 fully saturated rings. The fraction of sp³-hybridized carbons (Fsp3) is 0.917. The lowest BCUT2D eigenvalue weighted by Gasteiger charge is -2.62. The Hall–Kier alpha value is -1.36. The molecule has 4 bridgehead atoms. The van der Waals surface area contributed by atoms with Crippen LogP contribution in [0, 0.1) is 23.7 Å². The minimum Gasteiger partial charge on any atom is -0.456 e. The maximum absolute atomic E-state index is 13.6. The molecule has 8 atom stereocenters. The lowest BCUT2D eigenvalue weighted by molar-refractivity contribution is -0.343. The Morgan fingerprint density at radius 3 is 2.50 bits per heavy atom. The summed E-state index contributed by atoms with van der Waals surface area (Å²) < 4.78 is 63.2. The zero-order valence-electron chi connectivity index (χ0n) is 19.7. The smallest absolute Gasteiger partial charge is 0.377 e. The molecule has 4 aliphatic carbocycles. The van der Waals surface area contributed by atoms with Gasteiger partial charge >= 0.3 is 17.9 Å². The number of esters is 2. The van der Waals surface area contributed by atoms with Crippen molar-refractivity contribution < 1.29 is 46.8 Å². The summed E-state index contributed by atoms with van der Waals surface area (Å²) in [6.07, 6.45) is 1.31. The fourth-order valence-electron chi connectivity index (χ4n) is 7.70. The molecule has 0 aromatic rings. The summed E-state index contributed by atoms with van der Waals surface area (Å²) in [7, 11) is 0. The van der Waals surface area contributed by atoms with Crippen molar-refractivity contribution in [2.24, 2.45) is 23.7 Å². The predicted molar refractivity (Wildman–Crippen MR) is 109 cm³/mol.